The molecule has 2 aliphatic carbocycles. The number of fused-ring (bicyclic) bond motifs is 7. The predicted molar refractivity (Wildman–Crippen MR) is 290 cm³/mol. The van der Waals surface area contributed by atoms with Gasteiger partial charge in [-0.15, -0.1) is 0 Å². The summed E-state index contributed by atoms with van der Waals surface area (Å²) in [4.78, 5) is 5.26. The highest BCUT2D eigenvalue weighted by Gasteiger charge is 2.53. The zero-order valence-corrected chi connectivity index (χ0v) is 44.4. The molecule has 10 rings (SSSR count). The van der Waals surface area contributed by atoms with Crippen LogP contribution in [0.4, 0.5) is 34.1 Å². The van der Waals surface area contributed by atoms with Gasteiger partial charge in [-0.1, -0.05) is 166 Å². The van der Waals surface area contributed by atoms with Gasteiger partial charge in [-0.05, 0) is 157 Å². The van der Waals surface area contributed by atoms with Crippen molar-refractivity contribution in [3.63, 3.8) is 0 Å². The Hall–Kier alpha value is -4.96. The van der Waals surface area contributed by atoms with Gasteiger partial charge in [0.05, 0.1) is 17.0 Å². The smallest absolute Gasteiger partial charge is 0.297 e. The maximum absolute atomic E-state index is 7.78. The molecule has 348 valence electrons. The molecule has 0 saturated carbocycles. The van der Waals surface area contributed by atoms with Gasteiger partial charge < -0.3 is 14.2 Å². The van der Waals surface area contributed by atoms with E-state index in [1.165, 1.54) is 108 Å². The van der Waals surface area contributed by atoms with Crippen LogP contribution in [0.1, 0.15) is 188 Å². The summed E-state index contributed by atoms with van der Waals surface area (Å²) in [5.41, 5.74) is 23.2. The molecule has 0 amide bonds. The van der Waals surface area contributed by atoms with E-state index >= 15 is 0 Å². The van der Waals surface area contributed by atoms with Crippen LogP contribution in [-0.2, 0) is 37.9 Å². The average Bonchev–Trinajstić information content (AvgIpc) is 3.66. The number of furan rings is 1. The van der Waals surface area contributed by atoms with Gasteiger partial charge in [0.25, 0.3) is 6.71 Å². The molecule has 0 spiro atoms. The molecule has 0 N–H and O–H groups in total. The maximum atomic E-state index is 7.78. The molecule has 3 heterocycles. The minimum absolute atomic E-state index is 0.0388. The quantitative estimate of drug-likeness (QED) is 0.165. The summed E-state index contributed by atoms with van der Waals surface area (Å²) >= 11 is 0. The first-order chi connectivity index (χ1) is 31.0. The number of nitrogens with zero attached hydrogens (tertiary/aromatic N) is 2. The second kappa shape index (κ2) is 14.5. The third-order valence-electron chi connectivity index (χ3n) is 16.8. The summed E-state index contributed by atoms with van der Waals surface area (Å²) < 4.78 is 7.78. The summed E-state index contributed by atoms with van der Waals surface area (Å²) in [5, 5.41) is 0. The van der Waals surface area contributed by atoms with Crippen LogP contribution in [0, 0.1) is 6.92 Å². The van der Waals surface area contributed by atoms with E-state index in [-0.39, 0.29) is 44.6 Å². The number of rotatable bonds is 3. The standard InChI is InChI=1S/C63H77BN2O/c1-38-33-50-53-51(34-38)66(48-27-22-41(58(5,6)7)36-44(48)39-19-26-45-46(35-39)61(13,14)30-29-60(45,11)12)54-52-55(63(17,18)32-31-62(52,15)16)67-56(54)64(53)47-37-42(59(8,9)10)23-28-49(47)65(50)43-24-20-40(21-25-43)57(2,3)4/h19-28,33-37H,29-32H2,1-18H3. The Bertz CT molecular complexity index is 2990. The zero-order valence-electron chi connectivity index (χ0n) is 44.4. The number of anilines is 6. The summed E-state index contributed by atoms with van der Waals surface area (Å²) in [5.74, 6) is 1.16. The van der Waals surface area contributed by atoms with Crippen molar-refractivity contribution in [1.29, 1.82) is 0 Å². The maximum Gasteiger partial charge on any atom is 0.297 e. The molecule has 6 aromatic rings. The van der Waals surface area contributed by atoms with E-state index in [2.05, 4.69) is 225 Å². The summed E-state index contributed by atoms with van der Waals surface area (Å²) in [6.07, 6.45) is 4.55. The Morgan fingerprint density at radius 2 is 1.01 bits per heavy atom. The average molecular weight is 889 g/mol. The highest BCUT2D eigenvalue weighted by molar-refractivity contribution is 6.99. The van der Waals surface area contributed by atoms with Crippen molar-refractivity contribution < 1.29 is 4.42 Å². The Morgan fingerprint density at radius 1 is 0.493 bits per heavy atom. The van der Waals surface area contributed by atoms with E-state index in [1.54, 1.807) is 0 Å². The van der Waals surface area contributed by atoms with Crippen LogP contribution in [0.3, 0.4) is 0 Å². The fourth-order valence-corrected chi connectivity index (χ4v) is 12.2. The van der Waals surface area contributed by atoms with E-state index in [9.17, 15) is 0 Å². The number of hydrogen-bond acceptors (Lipinski definition) is 3. The summed E-state index contributed by atoms with van der Waals surface area (Å²) in [7, 11) is 0. The molecule has 67 heavy (non-hydrogen) atoms. The number of benzene rings is 5. The van der Waals surface area contributed by atoms with Crippen molar-refractivity contribution in [3.05, 3.63) is 136 Å². The normalized spacial score (nSPS) is 18.7. The lowest BCUT2D eigenvalue weighted by molar-refractivity contribution is 0.282. The van der Waals surface area contributed by atoms with Crippen LogP contribution >= 0.6 is 0 Å². The molecule has 4 heteroatoms. The van der Waals surface area contributed by atoms with Gasteiger partial charge in [-0.2, -0.15) is 0 Å². The third-order valence-corrected chi connectivity index (χ3v) is 16.8. The molecule has 4 aliphatic rings. The molecule has 1 aromatic heterocycles. The van der Waals surface area contributed by atoms with Crippen molar-refractivity contribution in [2.75, 3.05) is 9.80 Å². The lowest BCUT2D eigenvalue weighted by Crippen LogP contribution is -2.61. The SMILES string of the molecule is Cc1cc2c3c(c1)N(c1ccc(C(C)(C)C)cc1-c1ccc4c(c1)C(C)(C)CCC4(C)C)c1c(oc4c1C(C)(C)CCC4(C)C)B3c1cc(C(C)(C)C)ccc1N2c1ccc(C(C)(C)C)cc1. The van der Waals surface area contributed by atoms with Crippen molar-refractivity contribution in [2.24, 2.45) is 0 Å². The zero-order chi connectivity index (χ0) is 48.3. The van der Waals surface area contributed by atoms with Crippen LogP contribution in [0.2, 0.25) is 0 Å². The van der Waals surface area contributed by atoms with Gasteiger partial charge in [-0.25, -0.2) is 0 Å². The molecule has 0 fully saturated rings. The Kier molecular flexibility index (Phi) is 9.94. The van der Waals surface area contributed by atoms with Crippen molar-refractivity contribution >= 4 is 57.4 Å². The number of hydrogen-bond donors (Lipinski definition) is 0. The van der Waals surface area contributed by atoms with Crippen LogP contribution in [-0.4, -0.2) is 6.71 Å². The first-order valence-electron chi connectivity index (χ1n) is 25.5. The molecule has 0 bridgehead atoms. The van der Waals surface area contributed by atoms with Crippen molar-refractivity contribution in [2.45, 2.75) is 188 Å². The molecular weight excluding hydrogens is 812 g/mol. The minimum Gasteiger partial charge on any atom is -0.472 e. The second-order valence-electron chi connectivity index (χ2n) is 26.9. The fourth-order valence-electron chi connectivity index (χ4n) is 12.2. The molecule has 5 aromatic carbocycles. The Labute approximate surface area is 404 Å². The van der Waals surface area contributed by atoms with E-state index in [0.717, 1.165) is 24.3 Å². The monoisotopic (exact) mass is 889 g/mol. The third kappa shape index (κ3) is 7.19. The first kappa shape index (κ1) is 45.8. The minimum atomic E-state index is -0.125. The Morgan fingerprint density at radius 3 is 1.63 bits per heavy atom. The van der Waals surface area contributed by atoms with E-state index in [1.807, 2.05) is 0 Å². The lowest BCUT2D eigenvalue weighted by Gasteiger charge is -2.45. The molecule has 0 atom stereocenters. The van der Waals surface area contributed by atoms with Gasteiger partial charge in [0.15, 0.2) is 0 Å². The Balaban J connectivity index is 1.34. The molecule has 3 nitrogen and oxygen atoms in total. The molecule has 2 aliphatic heterocycles. The van der Waals surface area contributed by atoms with Crippen LogP contribution in [0.25, 0.3) is 11.1 Å². The first-order valence-corrected chi connectivity index (χ1v) is 25.5. The summed E-state index contributed by atoms with van der Waals surface area (Å²) in [6, 6.07) is 36.5. The van der Waals surface area contributed by atoms with Gasteiger partial charge in [-0.3, -0.25) is 0 Å². The highest BCUT2D eigenvalue weighted by atomic mass is 16.3. The van der Waals surface area contributed by atoms with Gasteiger partial charge in [0.2, 0.25) is 0 Å². The van der Waals surface area contributed by atoms with E-state index in [0.29, 0.717) is 0 Å². The van der Waals surface area contributed by atoms with E-state index in [4.69, 9.17) is 4.42 Å². The topological polar surface area (TPSA) is 19.6 Å². The predicted octanol–water partition coefficient (Wildman–Crippen LogP) is 15.9. The van der Waals surface area contributed by atoms with E-state index < -0.39 is 0 Å². The van der Waals surface area contributed by atoms with Gasteiger partial charge in [0, 0.05) is 39.3 Å². The van der Waals surface area contributed by atoms with Crippen molar-refractivity contribution in [1.82, 2.24) is 0 Å². The van der Waals surface area contributed by atoms with Crippen LogP contribution in [0.15, 0.2) is 95.4 Å². The van der Waals surface area contributed by atoms with Gasteiger partial charge in [0.1, 0.15) is 5.76 Å². The molecule has 0 unspecified atom stereocenters. The van der Waals surface area contributed by atoms with Crippen LogP contribution in [0.5, 0.6) is 0 Å². The largest absolute Gasteiger partial charge is 0.472 e. The highest BCUT2D eigenvalue weighted by Crippen LogP contribution is 2.57. The molecule has 0 radical (unpaired) electrons. The molecule has 0 saturated heterocycles. The molecular formula is C63H77BN2O. The lowest BCUT2D eigenvalue weighted by atomic mass is 9.35. The van der Waals surface area contributed by atoms with Crippen molar-refractivity contribution in [3.8, 4) is 11.1 Å². The summed E-state index contributed by atoms with van der Waals surface area (Å²) in [6.45, 7) is 42.8. The second-order valence-corrected chi connectivity index (χ2v) is 26.9. The van der Waals surface area contributed by atoms with Crippen LogP contribution < -0.4 is 26.4 Å². The van der Waals surface area contributed by atoms with Gasteiger partial charge >= 0.3 is 0 Å². The number of aryl methyl sites for hydroxylation is 1. The fraction of sp³-hybridized carbons (Fsp3) is 0.460.